The molecule has 0 saturated carbocycles. The maximum Gasteiger partial charge on any atom is 0.318 e. The first-order valence-electron chi connectivity index (χ1n) is 6.57. The number of nitrogens with two attached hydrogens (primary N) is 1. The Kier molecular flexibility index (Phi) is 5.58. The molecule has 2 heterocycles. The number of rotatable bonds is 2. The lowest BCUT2D eigenvalue weighted by atomic mass is 9.78. The summed E-state index contributed by atoms with van der Waals surface area (Å²) in [6.45, 7) is 5.83. The Balaban J connectivity index is 0.00000180. The number of primary amides is 1. The van der Waals surface area contributed by atoms with Gasteiger partial charge in [0.05, 0.1) is 6.04 Å². The number of piperidine rings is 1. The van der Waals surface area contributed by atoms with Gasteiger partial charge in [0.15, 0.2) is 0 Å². The van der Waals surface area contributed by atoms with Gasteiger partial charge in [-0.25, -0.2) is 4.79 Å². The lowest BCUT2D eigenvalue weighted by Gasteiger charge is -2.34. The van der Waals surface area contributed by atoms with Crippen molar-refractivity contribution in [1.29, 1.82) is 0 Å². The number of hydrogen-bond donors (Lipinski definition) is 3. The van der Waals surface area contributed by atoms with E-state index >= 15 is 0 Å². The average Bonchev–Trinajstić information content (AvgIpc) is 2.72. The molecule has 0 aromatic carbocycles. The second-order valence-corrected chi connectivity index (χ2v) is 5.50. The quantitative estimate of drug-likeness (QED) is 0.671. The summed E-state index contributed by atoms with van der Waals surface area (Å²) in [5.41, 5.74) is 5.34. The van der Waals surface area contributed by atoms with Crippen LogP contribution in [0.3, 0.4) is 0 Å². The molecule has 3 amide bonds. The summed E-state index contributed by atoms with van der Waals surface area (Å²) in [6.07, 6.45) is 3.49. The lowest BCUT2D eigenvalue weighted by Crippen LogP contribution is -2.48. The van der Waals surface area contributed by atoms with Crippen molar-refractivity contribution in [3.8, 4) is 0 Å². The molecule has 0 radical (unpaired) electrons. The zero-order chi connectivity index (χ0) is 13.2. The molecular weight excluding hydrogens is 268 g/mol. The second kappa shape index (κ2) is 6.54. The molecule has 2 rings (SSSR count). The summed E-state index contributed by atoms with van der Waals surface area (Å²) in [5.74, 6) is -0.298. The number of nitrogens with zero attached hydrogens (tertiary/aromatic N) is 1. The number of halogens is 1. The molecule has 1 atom stereocenters. The molecule has 19 heavy (non-hydrogen) atoms. The summed E-state index contributed by atoms with van der Waals surface area (Å²) in [5, 5.41) is 5.53. The normalized spacial score (nSPS) is 23.6. The van der Waals surface area contributed by atoms with Crippen LogP contribution in [0.1, 0.15) is 26.2 Å². The molecule has 2 aliphatic heterocycles. The summed E-state index contributed by atoms with van der Waals surface area (Å²) >= 11 is 0. The van der Waals surface area contributed by atoms with Gasteiger partial charge in [0.1, 0.15) is 0 Å². The molecule has 0 aromatic rings. The third-order valence-corrected chi connectivity index (χ3v) is 4.31. The minimum atomic E-state index is -0.775. The van der Waals surface area contributed by atoms with Crippen molar-refractivity contribution in [1.82, 2.24) is 15.5 Å². The molecule has 7 heteroatoms. The summed E-state index contributed by atoms with van der Waals surface area (Å²) in [4.78, 5) is 24.6. The largest absolute Gasteiger partial charge is 0.351 e. The van der Waals surface area contributed by atoms with Crippen LogP contribution in [0.5, 0.6) is 0 Å². The molecule has 0 bridgehead atoms. The Morgan fingerprint density at radius 3 is 2.53 bits per heavy atom. The summed E-state index contributed by atoms with van der Waals surface area (Å²) in [7, 11) is 0. The molecule has 110 valence electrons. The Bertz CT molecular complexity index is 345. The monoisotopic (exact) mass is 290 g/mol. The van der Waals surface area contributed by atoms with E-state index < -0.39 is 6.03 Å². The highest BCUT2D eigenvalue weighted by molar-refractivity contribution is 5.96. The topological polar surface area (TPSA) is 87.5 Å². The van der Waals surface area contributed by atoms with Crippen molar-refractivity contribution >= 4 is 24.3 Å². The van der Waals surface area contributed by atoms with E-state index in [0.717, 1.165) is 32.6 Å². The van der Waals surface area contributed by atoms with Crippen molar-refractivity contribution < 1.29 is 9.59 Å². The number of nitrogens with one attached hydrogen (secondary N) is 2. The van der Waals surface area contributed by atoms with E-state index in [1.54, 1.807) is 0 Å². The molecule has 0 aliphatic carbocycles. The maximum atomic E-state index is 11.7. The van der Waals surface area contributed by atoms with E-state index in [0.29, 0.717) is 5.41 Å². The number of carbonyl (C=O) groups excluding carboxylic acids is 2. The molecule has 2 fully saturated rings. The van der Waals surface area contributed by atoms with Gasteiger partial charge >= 0.3 is 6.03 Å². The summed E-state index contributed by atoms with van der Waals surface area (Å²) in [6, 6.07) is -1.06. The van der Waals surface area contributed by atoms with Gasteiger partial charge < -0.3 is 11.1 Å². The molecule has 0 aromatic heterocycles. The third-order valence-electron chi connectivity index (χ3n) is 4.31. The van der Waals surface area contributed by atoms with Gasteiger partial charge in [-0.05, 0) is 51.2 Å². The first-order chi connectivity index (χ1) is 8.52. The van der Waals surface area contributed by atoms with Crippen LogP contribution in [0.4, 0.5) is 4.79 Å². The summed E-state index contributed by atoms with van der Waals surface area (Å²) < 4.78 is 0. The van der Waals surface area contributed by atoms with Gasteiger partial charge in [0.2, 0.25) is 5.91 Å². The molecule has 4 N–H and O–H groups in total. The highest BCUT2D eigenvalue weighted by atomic mass is 35.5. The van der Waals surface area contributed by atoms with Gasteiger partial charge in [-0.3, -0.25) is 15.0 Å². The third kappa shape index (κ3) is 3.81. The first kappa shape index (κ1) is 16.2. The van der Waals surface area contributed by atoms with Crippen molar-refractivity contribution in [3.05, 3.63) is 0 Å². The fourth-order valence-corrected chi connectivity index (χ4v) is 3.06. The van der Waals surface area contributed by atoms with E-state index in [1.165, 1.54) is 12.8 Å². The predicted molar refractivity (Wildman–Crippen MR) is 75.2 cm³/mol. The average molecular weight is 291 g/mol. The first-order valence-corrected chi connectivity index (χ1v) is 6.57. The van der Waals surface area contributed by atoms with Crippen molar-refractivity contribution in [2.45, 2.75) is 32.2 Å². The molecule has 2 aliphatic rings. The maximum absolute atomic E-state index is 11.7. The van der Waals surface area contributed by atoms with E-state index in [4.69, 9.17) is 5.73 Å². The number of imide groups is 1. The number of hydrogen-bond acceptors (Lipinski definition) is 4. The minimum absolute atomic E-state index is 0. The van der Waals surface area contributed by atoms with E-state index in [1.807, 2.05) is 6.92 Å². The van der Waals surface area contributed by atoms with Gasteiger partial charge in [-0.1, -0.05) is 0 Å². The fourth-order valence-electron chi connectivity index (χ4n) is 3.06. The van der Waals surface area contributed by atoms with Crippen LogP contribution in [0, 0.1) is 5.41 Å². The van der Waals surface area contributed by atoms with E-state index in [-0.39, 0.29) is 24.4 Å². The fraction of sp³-hybridized carbons (Fsp3) is 0.833. The van der Waals surface area contributed by atoms with Crippen LogP contribution < -0.4 is 16.4 Å². The van der Waals surface area contributed by atoms with Crippen LogP contribution in [0.15, 0.2) is 0 Å². The van der Waals surface area contributed by atoms with Gasteiger partial charge in [0.25, 0.3) is 0 Å². The van der Waals surface area contributed by atoms with Crippen molar-refractivity contribution in [2.75, 3.05) is 26.2 Å². The van der Waals surface area contributed by atoms with Gasteiger partial charge in [-0.15, -0.1) is 12.4 Å². The zero-order valence-electron chi connectivity index (χ0n) is 11.3. The number of urea groups is 1. The highest BCUT2D eigenvalue weighted by Crippen LogP contribution is 2.39. The standard InChI is InChI=1S/C12H22N4O2.ClH/c1-9(10(17)15-11(13)18)16-7-4-12(8-16)2-5-14-6-3-12;/h9,14H,2-8H2,1H3,(H3,13,15,17,18);1H. The minimum Gasteiger partial charge on any atom is -0.351 e. The van der Waals surface area contributed by atoms with Crippen LogP contribution >= 0.6 is 12.4 Å². The van der Waals surface area contributed by atoms with Gasteiger partial charge in [-0.2, -0.15) is 0 Å². The number of amides is 3. The SMILES string of the molecule is CC(C(=O)NC(N)=O)N1CCC2(CCNCC2)C1.Cl. The zero-order valence-corrected chi connectivity index (χ0v) is 12.1. The smallest absolute Gasteiger partial charge is 0.318 e. The van der Waals surface area contributed by atoms with Crippen LogP contribution in [-0.2, 0) is 4.79 Å². The van der Waals surface area contributed by atoms with Crippen LogP contribution in [0.25, 0.3) is 0 Å². The Labute approximate surface area is 119 Å². The molecule has 2 saturated heterocycles. The van der Waals surface area contributed by atoms with E-state index in [2.05, 4.69) is 15.5 Å². The second-order valence-electron chi connectivity index (χ2n) is 5.50. The van der Waals surface area contributed by atoms with Gasteiger partial charge in [0, 0.05) is 6.54 Å². The van der Waals surface area contributed by atoms with E-state index in [9.17, 15) is 9.59 Å². The van der Waals surface area contributed by atoms with Crippen LogP contribution in [0.2, 0.25) is 0 Å². The van der Waals surface area contributed by atoms with Crippen molar-refractivity contribution in [2.24, 2.45) is 11.1 Å². The number of carbonyl (C=O) groups is 2. The Hall–Kier alpha value is -0.850. The molecule has 6 nitrogen and oxygen atoms in total. The predicted octanol–water partition coefficient (Wildman–Crippen LogP) is 0.0671. The van der Waals surface area contributed by atoms with Crippen LogP contribution in [-0.4, -0.2) is 49.1 Å². The highest BCUT2D eigenvalue weighted by Gasteiger charge is 2.41. The Morgan fingerprint density at radius 2 is 1.95 bits per heavy atom. The number of likely N-dealkylation sites (tertiary alicyclic amines) is 1. The molecule has 1 spiro atoms. The molecule has 1 unspecified atom stereocenters. The van der Waals surface area contributed by atoms with Crippen molar-refractivity contribution in [3.63, 3.8) is 0 Å². The lowest BCUT2D eigenvalue weighted by molar-refractivity contribution is -0.124. The Morgan fingerprint density at radius 1 is 1.32 bits per heavy atom. The molecular formula is C12H23ClN4O2.